The molecule has 1 fully saturated rings. The number of nitrogens with one attached hydrogen (secondary N) is 1. The Kier molecular flexibility index (Phi) is 7.44. The number of amides is 2. The zero-order valence-corrected chi connectivity index (χ0v) is 20.6. The molecule has 3 aromatic rings. The summed E-state index contributed by atoms with van der Waals surface area (Å²) in [5, 5.41) is 3.90. The highest BCUT2D eigenvalue weighted by atomic mass is 35.5. The maximum Gasteiger partial charge on any atom is 0.266 e. The molecule has 1 aliphatic rings. The third-order valence-corrected chi connectivity index (χ3v) is 7.37. The van der Waals surface area contributed by atoms with Crippen LogP contribution in [0.15, 0.2) is 59.6 Å². The molecule has 1 aromatic heterocycles. The van der Waals surface area contributed by atoms with Crippen molar-refractivity contribution < 1.29 is 14.3 Å². The van der Waals surface area contributed by atoms with Crippen LogP contribution >= 0.6 is 46.9 Å². The van der Waals surface area contributed by atoms with Crippen molar-refractivity contribution in [1.82, 2.24) is 9.88 Å². The molecule has 2 amide bonds. The first-order chi connectivity index (χ1) is 15.9. The van der Waals surface area contributed by atoms with Crippen molar-refractivity contribution in [1.29, 1.82) is 0 Å². The standard InChI is InChI=1S/C23H18ClN3O3S3/c1-30-16-8-6-14(7-9-16)10-19-21(29)27(23(31)33-19)13-20(28)26-22-25-12-17(32-22)11-15-4-2-3-5-18(15)24/h2-10,12H,11,13H2,1H3,(H,25,26,28)/b19-10-. The Morgan fingerprint density at radius 2 is 2.00 bits per heavy atom. The third kappa shape index (κ3) is 5.80. The van der Waals surface area contributed by atoms with Crippen molar-refractivity contribution >= 4 is 74.3 Å². The number of halogens is 1. The molecule has 1 N–H and O–H groups in total. The molecule has 0 atom stereocenters. The van der Waals surface area contributed by atoms with Crippen molar-refractivity contribution in [2.24, 2.45) is 0 Å². The number of anilines is 1. The van der Waals surface area contributed by atoms with Crippen molar-refractivity contribution in [2.75, 3.05) is 19.0 Å². The molecule has 4 rings (SSSR count). The first-order valence-corrected chi connectivity index (χ1v) is 12.2. The second-order valence-corrected chi connectivity index (χ2v) is 10.2. The van der Waals surface area contributed by atoms with E-state index < -0.39 is 0 Å². The Morgan fingerprint density at radius 3 is 2.73 bits per heavy atom. The number of thiazole rings is 1. The topological polar surface area (TPSA) is 71.5 Å². The van der Waals surface area contributed by atoms with Crippen LogP contribution in [-0.2, 0) is 16.0 Å². The van der Waals surface area contributed by atoms with E-state index in [9.17, 15) is 9.59 Å². The highest BCUT2D eigenvalue weighted by molar-refractivity contribution is 8.26. The largest absolute Gasteiger partial charge is 0.497 e. The number of carbonyl (C=O) groups is 2. The molecule has 2 aromatic carbocycles. The molecule has 10 heteroatoms. The molecule has 1 aliphatic heterocycles. The smallest absolute Gasteiger partial charge is 0.266 e. The van der Waals surface area contributed by atoms with Gasteiger partial charge in [0, 0.05) is 22.5 Å². The summed E-state index contributed by atoms with van der Waals surface area (Å²) < 4.78 is 5.49. The third-order valence-electron chi connectivity index (χ3n) is 4.71. The Labute approximate surface area is 209 Å². The van der Waals surface area contributed by atoms with E-state index in [1.54, 1.807) is 19.4 Å². The lowest BCUT2D eigenvalue weighted by atomic mass is 10.1. The predicted octanol–water partition coefficient (Wildman–Crippen LogP) is 5.24. The van der Waals surface area contributed by atoms with Gasteiger partial charge in [-0.25, -0.2) is 4.98 Å². The van der Waals surface area contributed by atoms with Gasteiger partial charge in [0.1, 0.15) is 16.6 Å². The summed E-state index contributed by atoms with van der Waals surface area (Å²) in [4.78, 5) is 32.3. The second kappa shape index (κ2) is 10.5. The van der Waals surface area contributed by atoms with Gasteiger partial charge in [-0.2, -0.15) is 0 Å². The van der Waals surface area contributed by atoms with Crippen molar-refractivity contribution in [3.05, 3.63) is 80.7 Å². The number of thiocarbonyl (C=S) groups is 1. The molecule has 0 radical (unpaired) electrons. The summed E-state index contributed by atoms with van der Waals surface area (Å²) in [5.74, 6) is 0.0683. The van der Waals surface area contributed by atoms with Gasteiger partial charge in [0.25, 0.3) is 5.91 Å². The van der Waals surface area contributed by atoms with Crippen molar-refractivity contribution in [3.63, 3.8) is 0 Å². The maximum absolute atomic E-state index is 12.8. The number of nitrogens with zero attached hydrogens (tertiary/aromatic N) is 2. The minimum absolute atomic E-state index is 0.177. The Bertz CT molecular complexity index is 1240. The Morgan fingerprint density at radius 1 is 1.24 bits per heavy atom. The van der Waals surface area contributed by atoms with E-state index in [1.165, 1.54) is 28.0 Å². The highest BCUT2D eigenvalue weighted by Crippen LogP contribution is 2.33. The number of aromatic nitrogens is 1. The van der Waals surface area contributed by atoms with Crippen LogP contribution in [0.5, 0.6) is 5.75 Å². The second-order valence-electron chi connectivity index (χ2n) is 6.99. The van der Waals surface area contributed by atoms with Gasteiger partial charge in [-0.3, -0.25) is 14.5 Å². The number of benzene rings is 2. The predicted molar refractivity (Wildman–Crippen MR) is 138 cm³/mol. The fourth-order valence-corrected chi connectivity index (χ4v) is 5.38. The maximum atomic E-state index is 12.8. The lowest BCUT2D eigenvalue weighted by Crippen LogP contribution is -2.36. The summed E-state index contributed by atoms with van der Waals surface area (Å²) in [6.45, 7) is -0.177. The first-order valence-electron chi connectivity index (χ1n) is 9.80. The molecule has 0 spiro atoms. The fraction of sp³-hybridized carbons (Fsp3) is 0.130. The number of methoxy groups -OCH3 is 1. The quantitative estimate of drug-likeness (QED) is 0.343. The van der Waals surface area contributed by atoms with Crippen LogP contribution in [0.2, 0.25) is 5.02 Å². The molecule has 0 aliphatic carbocycles. The fourth-order valence-electron chi connectivity index (χ4n) is 3.07. The van der Waals surface area contributed by atoms with Crippen molar-refractivity contribution in [3.8, 4) is 5.75 Å². The summed E-state index contributed by atoms with van der Waals surface area (Å²) in [6, 6.07) is 14.9. The van der Waals surface area contributed by atoms with E-state index in [-0.39, 0.29) is 18.4 Å². The van der Waals surface area contributed by atoms with Gasteiger partial charge in [0.05, 0.1) is 12.0 Å². The molecule has 6 nitrogen and oxygen atoms in total. The number of hydrogen-bond acceptors (Lipinski definition) is 7. The molecule has 0 bridgehead atoms. The highest BCUT2D eigenvalue weighted by Gasteiger charge is 2.33. The summed E-state index contributed by atoms with van der Waals surface area (Å²) in [5.41, 5.74) is 1.83. The van der Waals surface area contributed by atoms with Gasteiger partial charge in [0.15, 0.2) is 5.13 Å². The summed E-state index contributed by atoms with van der Waals surface area (Å²) in [7, 11) is 1.59. The molecular weight excluding hydrogens is 498 g/mol. The summed E-state index contributed by atoms with van der Waals surface area (Å²) in [6.07, 6.45) is 4.08. The van der Waals surface area contributed by atoms with Crippen LogP contribution in [0.1, 0.15) is 16.0 Å². The van der Waals surface area contributed by atoms with Gasteiger partial charge in [0.2, 0.25) is 5.91 Å². The normalized spacial score (nSPS) is 14.7. The van der Waals surface area contributed by atoms with Gasteiger partial charge in [-0.1, -0.05) is 65.9 Å². The van der Waals surface area contributed by atoms with Crippen LogP contribution in [0.25, 0.3) is 6.08 Å². The van der Waals surface area contributed by atoms with E-state index in [0.717, 1.165) is 21.8 Å². The molecular formula is C23H18ClN3O3S3. The molecule has 168 valence electrons. The van der Waals surface area contributed by atoms with E-state index >= 15 is 0 Å². The monoisotopic (exact) mass is 515 g/mol. The first kappa shape index (κ1) is 23.4. The van der Waals surface area contributed by atoms with E-state index in [2.05, 4.69) is 10.3 Å². The Balaban J connectivity index is 1.37. The number of rotatable bonds is 7. The molecule has 1 saturated heterocycles. The van der Waals surface area contributed by atoms with Gasteiger partial charge >= 0.3 is 0 Å². The van der Waals surface area contributed by atoms with Crippen LogP contribution < -0.4 is 10.1 Å². The number of carbonyl (C=O) groups excluding carboxylic acids is 2. The SMILES string of the molecule is COc1ccc(/C=C2\SC(=S)N(CC(=O)Nc3ncc(Cc4ccccc4Cl)s3)C2=O)cc1. The zero-order chi connectivity index (χ0) is 23.4. The zero-order valence-electron chi connectivity index (χ0n) is 17.4. The lowest BCUT2D eigenvalue weighted by molar-refractivity contribution is -0.126. The summed E-state index contributed by atoms with van der Waals surface area (Å²) >= 11 is 14.1. The minimum atomic E-state index is -0.365. The average molecular weight is 516 g/mol. The molecule has 0 unspecified atom stereocenters. The van der Waals surface area contributed by atoms with E-state index in [4.69, 9.17) is 28.6 Å². The van der Waals surface area contributed by atoms with Gasteiger partial charge in [-0.15, -0.1) is 11.3 Å². The van der Waals surface area contributed by atoms with E-state index in [0.29, 0.717) is 25.8 Å². The number of ether oxygens (including phenoxy) is 1. The average Bonchev–Trinajstić information content (AvgIpc) is 3.35. The van der Waals surface area contributed by atoms with E-state index in [1.807, 2.05) is 48.5 Å². The molecule has 2 heterocycles. The molecule has 0 saturated carbocycles. The van der Waals surface area contributed by atoms with Crippen LogP contribution in [0, 0.1) is 0 Å². The minimum Gasteiger partial charge on any atom is -0.497 e. The van der Waals surface area contributed by atoms with Crippen LogP contribution in [-0.4, -0.2) is 39.7 Å². The van der Waals surface area contributed by atoms with Gasteiger partial charge < -0.3 is 10.1 Å². The number of thioether (sulfide) groups is 1. The van der Waals surface area contributed by atoms with Gasteiger partial charge in [-0.05, 0) is 35.4 Å². The number of hydrogen-bond donors (Lipinski definition) is 1. The van der Waals surface area contributed by atoms with Crippen molar-refractivity contribution in [2.45, 2.75) is 6.42 Å². The lowest BCUT2D eigenvalue weighted by Gasteiger charge is -2.13. The van der Waals surface area contributed by atoms with Crippen LogP contribution in [0.3, 0.4) is 0 Å². The molecule has 33 heavy (non-hydrogen) atoms. The Hall–Kier alpha value is -2.72. The van der Waals surface area contributed by atoms with Crippen LogP contribution in [0.4, 0.5) is 5.13 Å².